The van der Waals surface area contributed by atoms with E-state index < -0.39 is 5.95 Å². The number of hydrogen-bond acceptors (Lipinski definition) is 7. The van der Waals surface area contributed by atoms with Gasteiger partial charge in [0.05, 0.1) is 19.3 Å². The number of aromatic amines is 1. The van der Waals surface area contributed by atoms with Crippen molar-refractivity contribution in [3.05, 3.63) is 84.0 Å². The monoisotopic (exact) mass is 512 g/mol. The number of fused-ring (bicyclic) bond motifs is 1. The molecule has 0 bridgehead atoms. The molecule has 1 saturated heterocycles. The van der Waals surface area contributed by atoms with E-state index in [0.29, 0.717) is 36.3 Å². The molecular formula is C28H29FN8O. The molecule has 1 aliphatic heterocycles. The van der Waals surface area contributed by atoms with Crippen LogP contribution in [0.2, 0.25) is 0 Å². The zero-order valence-electron chi connectivity index (χ0n) is 21.1. The number of rotatable bonds is 8. The molecule has 6 heterocycles. The van der Waals surface area contributed by atoms with E-state index in [9.17, 15) is 0 Å². The van der Waals surface area contributed by atoms with Crippen LogP contribution in [0, 0.1) is 5.95 Å². The van der Waals surface area contributed by atoms with Crippen molar-refractivity contribution in [3.63, 3.8) is 0 Å². The van der Waals surface area contributed by atoms with Crippen molar-refractivity contribution in [1.82, 2.24) is 35.0 Å². The van der Waals surface area contributed by atoms with Gasteiger partial charge >= 0.3 is 0 Å². The number of ether oxygens (including phenoxy) is 1. The van der Waals surface area contributed by atoms with Crippen molar-refractivity contribution in [2.75, 3.05) is 25.5 Å². The minimum Gasteiger partial charge on any atom is -0.481 e. The van der Waals surface area contributed by atoms with Gasteiger partial charge in [-0.05, 0) is 49.7 Å². The number of nitrogens with one attached hydrogen (secondary N) is 3. The second kappa shape index (κ2) is 10.6. The summed E-state index contributed by atoms with van der Waals surface area (Å²) >= 11 is 0. The molecule has 6 rings (SSSR count). The molecule has 0 atom stereocenters. The molecule has 10 heteroatoms. The van der Waals surface area contributed by atoms with Crippen LogP contribution in [0.4, 0.5) is 10.2 Å². The maximum atomic E-state index is 15.0. The van der Waals surface area contributed by atoms with Crippen LogP contribution in [0.1, 0.15) is 35.6 Å². The van der Waals surface area contributed by atoms with Gasteiger partial charge < -0.3 is 20.4 Å². The third-order valence-electron chi connectivity index (χ3n) is 7.04. The number of halogens is 1. The number of piperidine rings is 1. The minimum atomic E-state index is -0.505. The van der Waals surface area contributed by atoms with Crippen LogP contribution >= 0.6 is 0 Å². The van der Waals surface area contributed by atoms with Gasteiger partial charge in [-0.2, -0.15) is 9.49 Å². The largest absolute Gasteiger partial charge is 0.481 e. The van der Waals surface area contributed by atoms with E-state index in [1.807, 2.05) is 30.7 Å². The second-order valence-corrected chi connectivity index (χ2v) is 9.47. The highest BCUT2D eigenvalue weighted by Crippen LogP contribution is 2.28. The third kappa shape index (κ3) is 4.95. The van der Waals surface area contributed by atoms with Crippen LogP contribution in [0.25, 0.3) is 22.2 Å². The Labute approximate surface area is 219 Å². The smallest absolute Gasteiger partial charge is 0.218 e. The number of methoxy groups -OCH3 is 1. The van der Waals surface area contributed by atoms with Gasteiger partial charge in [-0.15, -0.1) is 0 Å². The van der Waals surface area contributed by atoms with E-state index in [4.69, 9.17) is 4.74 Å². The maximum absolute atomic E-state index is 15.0. The Morgan fingerprint density at radius 1 is 1.08 bits per heavy atom. The molecule has 194 valence electrons. The van der Waals surface area contributed by atoms with Crippen molar-refractivity contribution in [2.24, 2.45) is 0 Å². The van der Waals surface area contributed by atoms with E-state index in [1.54, 1.807) is 25.4 Å². The van der Waals surface area contributed by atoms with Crippen molar-refractivity contribution >= 4 is 16.9 Å². The van der Waals surface area contributed by atoms with Crippen molar-refractivity contribution in [1.29, 1.82) is 0 Å². The predicted molar refractivity (Wildman–Crippen MR) is 144 cm³/mol. The average molecular weight is 513 g/mol. The number of nitrogens with zero attached hydrogens (tertiary/aromatic N) is 5. The first-order chi connectivity index (χ1) is 18.7. The third-order valence-corrected chi connectivity index (χ3v) is 7.04. The summed E-state index contributed by atoms with van der Waals surface area (Å²) in [5, 5.41) is 12.1. The molecule has 0 spiro atoms. The summed E-state index contributed by atoms with van der Waals surface area (Å²) < 4.78 is 22.4. The Hall–Kier alpha value is -4.31. The highest BCUT2D eigenvalue weighted by molar-refractivity contribution is 5.84. The normalized spacial score (nSPS) is 14.2. The molecule has 0 radical (unpaired) electrons. The lowest BCUT2D eigenvalue weighted by Crippen LogP contribution is -2.29. The van der Waals surface area contributed by atoms with Gasteiger partial charge in [0.1, 0.15) is 11.5 Å². The predicted octanol–water partition coefficient (Wildman–Crippen LogP) is 4.49. The van der Waals surface area contributed by atoms with Crippen LogP contribution < -0.4 is 15.4 Å². The molecule has 38 heavy (non-hydrogen) atoms. The second-order valence-electron chi connectivity index (χ2n) is 9.47. The van der Waals surface area contributed by atoms with Crippen LogP contribution in [0.5, 0.6) is 5.88 Å². The summed E-state index contributed by atoms with van der Waals surface area (Å²) in [5.74, 6) is 0.476. The molecule has 0 amide bonds. The van der Waals surface area contributed by atoms with Crippen molar-refractivity contribution in [3.8, 4) is 17.0 Å². The SMILES string of the molecule is COc1ncccc1CNc1ccc(Cc2c[nH]c3ncc(-c4cnn(C5CCNCC5)c4)cc23)c(F)n1. The Morgan fingerprint density at radius 2 is 1.97 bits per heavy atom. The zero-order chi connectivity index (χ0) is 25.9. The number of aromatic nitrogens is 6. The molecule has 9 nitrogen and oxygen atoms in total. The van der Waals surface area contributed by atoms with Gasteiger partial charge in [0.15, 0.2) is 0 Å². The van der Waals surface area contributed by atoms with Crippen LogP contribution in [0.3, 0.4) is 0 Å². The lowest BCUT2D eigenvalue weighted by molar-refractivity contribution is 0.343. The quantitative estimate of drug-likeness (QED) is 0.263. The fourth-order valence-electron chi connectivity index (χ4n) is 4.95. The topological polar surface area (TPSA) is 106 Å². The maximum Gasteiger partial charge on any atom is 0.218 e. The fraction of sp³-hybridized carbons (Fsp3) is 0.286. The van der Waals surface area contributed by atoms with E-state index in [2.05, 4.69) is 52.6 Å². The summed E-state index contributed by atoms with van der Waals surface area (Å²) in [6, 6.07) is 9.81. The molecule has 0 aliphatic carbocycles. The van der Waals surface area contributed by atoms with Gasteiger partial charge in [-0.25, -0.2) is 15.0 Å². The van der Waals surface area contributed by atoms with Gasteiger partial charge in [0.25, 0.3) is 0 Å². The van der Waals surface area contributed by atoms with Gasteiger partial charge in [0, 0.05) is 65.4 Å². The molecule has 0 saturated carbocycles. The Kier molecular flexibility index (Phi) is 6.70. The van der Waals surface area contributed by atoms with Gasteiger partial charge in [0.2, 0.25) is 11.8 Å². The highest BCUT2D eigenvalue weighted by atomic mass is 19.1. The van der Waals surface area contributed by atoms with Gasteiger partial charge in [-0.1, -0.05) is 12.1 Å². The lowest BCUT2D eigenvalue weighted by Gasteiger charge is -2.22. The first-order valence-electron chi connectivity index (χ1n) is 12.8. The molecule has 0 unspecified atom stereocenters. The Morgan fingerprint density at radius 3 is 2.82 bits per heavy atom. The Balaban J connectivity index is 1.19. The summed E-state index contributed by atoms with van der Waals surface area (Å²) in [4.78, 5) is 16.1. The Bertz CT molecular complexity index is 1560. The molecular weight excluding hydrogens is 483 g/mol. The molecule has 1 fully saturated rings. The number of pyridine rings is 3. The van der Waals surface area contributed by atoms with Gasteiger partial charge in [-0.3, -0.25) is 4.68 Å². The zero-order valence-corrected chi connectivity index (χ0v) is 21.1. The fourth-order valence-corrected chi connectivity index (χ4v) is 4.95. The minimum absolute atomic E-state index is 0.398. The van der Waals surface area contributed by atoms with E-state index >= 15 is 4.39 Å². The van der Waals surface area contributed by atoms with Crippen LogP contribution in [0.15, 0.2) is 61.3 Å². The first kappa shape index (κ1) is 24.1. The molecule has 1 aliphatic rings. The van der Waals surface area contributed by atoms with Crippen molar-refractivity contribution in [2.45, 2.75) is 31.8 Å². The average Bonchev–Trinajstić information content (AvgIpc) is 3.61. The van der Waals surface area contributed by atoms with E-state index in [0.717, 1.165) is 59.2 Å². The number of H-pyrrole nitrogens is 1. The molecule has 3 N–H and O–H groups in total. The summed E-state index contributed by atoms with van der Waals surface area (Å²) in [6.45, 7) is 2.46. The number of anilines is 1. The highest BCUT2D eigenvalue weighted by Gasteiger charge is 2.17. The van der Waals surface area contributed by atoms with E-state index in [1.165, 1.54) is 0 Å². The lowest BCUT2D eigenvalue weighted by atomic mass is 10.0. The van der Waals surface area contributed by atoms with Crippen LogP contribution in [-0.4, -0.2) is 49.9 Å². The molecule has 5 aromatic rings. The summed E-state index contributed by atoms with van der Waals surface area (Å²) in [6.07, 6.45) is 12.0. The van der Waals surface area contributed by atoms with Crippen molar-refractivity contribution < 1.29 is 9.13 Å². The summed E-state index contributed by atoms with van der Waals surface area (Å²) in [5.41, 5.74) is 5.12. The first-order valence-corrected chi connectivity index (χ1v) is 12.8. The molecule has 0 aromatic carbocycles. The van der Waals surface area contributed by atoms with E-state index in [-0.39, 0.29) is 0 Å². The summed E-state index contributed by atoms with van der Waals surface area (Å²) in [7, 11) is 1.57. The number of hydrogen-bond donors (Lipinski definition) is 3. The standard InChI is InChI=1S/C28H29FN8O/c1-38-28-19(3-2-8-31-28)13-32-25-5-4-18(26(29)36-25)11-21-15-34-27-24(21)12-20(14-33-27)22-16-35-37(17-22)23-6-9-30-10-7-23/h2-5,8,12,14-17,23,30H,6-7,9-11,13H2,1H3,(H,32,36)(H,33,34). The molecule has 5 aromatic heterocycles. The van der Waals surface area contributed by atoms with Crippen LogP contribution in [-0.2, 0) is 13.0 Å².